The van der Waals surface area contributed by atoms with Gasteiger partial charge in [0.05, 0.1) is 23.5 Å². The molecule has 0 saturated heterocycles. The van der Waals surface area contributed by atoms with E-state index >= 15 is 0 Å². The van der Waals surface area contributed by atoms with E-state index in [-0.39, 0.29) is 34.1 Å². The van der Waals surface area contributed by atoms with E-state index < -0.39 is 17.5 Å². The van der Waals surface area contributed by atoms with Crippen LogP contribution in [0, 0.1) is 11.8 Å². The van der Waals surface area contributed by atoms with Gasteiger partial charge in [-0.2, -0.15) is 15.2 Å². The van der Waals surface area contributed by atoms with Gasteiger partial charge in [0.25, 0.3) is 17.2 Å². The van der Waals surface area contributed by atoms with E-state index in [9.17, 15) is 9.59 Å². The highest BCUT2D eigenvalue weighted by Crippen LogP contribution is 2.21. The third-order valence-electron chi connectivity index (χ3n) is 5.95. The van der Waals surface area contributed by atoms with Crippen molar-refractivity contribution in [1.29, 1.82) is 0 Å². The topological polar surface area (TPSA) is 164 Å². The van der Waals surface area contributed by atoms with Crippen LogP contribution < -0.4 is 16.6 Å². The number of benzene rings is 1. The smallest absolute Gasteiger partial charge is 0.274 e. The first kappa shape index (κ1) is 23.6. The van der Waals surface area contributed by atoms with Crippen LogP contribution in [0.2, 0.25) is 0 Å². The zero-order valence-electron chi connectivity index (χ0n) is 20.7. The molecule has 1 aromatic carbocycles. The summed E-state index contributed by atoms with van der Waals surface area (Å²) >= 11 is 0. The summed E-state index contributed by atoms with van der Waals surface area (Å²) in [6, 6.07) is 11.5. The highest BCUT2D eigenvalue weighted by atomic mass is 16.5. The predicted octanol–water partition coefficient (Wildman–Crippen LogP) is 1.62. The fourth-order valence-electron chi connectivity index (χ4n) is 4.19. The van der Waals surface area contributed by atoms with Gasteiger partial charge < -0.3 is 15.6 Å². The molecule has 0 unspecified atom stereocenters. The number of amides is 1. The van der Waals surface area contributed by atoms with Crippen LogP contribution in [-0.4, -0.2) is 45.0 Å². The lowest BCUT2D eigenvalue weighted by Crippen LogP contribution is -2.34. The van der Waals surface area contributed by atoms with Crippen LogP contribution in [0.4, 0.5) is 5.82 Å². The van der Waals surface area contributed by atoms with Crippen LogP contribution in [0.3, 0.4) is 0 Å². The van der Waals surface area contributed by atoms with Crippen LogP contribution in [0.25, 0.3) is 22.4 Å². The molecule has 5 heterocycles. The number of aromatic nitrogens is 8. The summed E-state index contributed by atoms with van der Waals surface area (Å²) < 4.78 is 9.77. The monoisotopic (exact) mass is 520 g/mol. The number of nitrogens with two attached hydrogens (primary N) is 1. The second-order valence-electron chi connectivity index (χ2n) is 8.64. The van der Waals surface area contributed by atoms with Crippen molar-refractivity contribution in [2.75, 3.05) is 5.73 Å². The molecule has 1 atom stereocenters. The van der Waals surface area contributed by atoms with E-state index in [2.05, 4.69) is 42.5 Å². The molecular formula is C26H20N10O3. The fourth-order valence-corrected chi connectivity index (χ4v) is 4.19. The first-order valence-electron chi connectivity index (χ1n) is 11.8. The van der Waals surface area contributed by atoms with E-state index in [0.717, 1.165) is 0 Å². The molecule has 0 aliphatic heterocycles. The number of rotatable bonds is 4. The van der Waals surface area contributed by atoms with Gasteiger partial charge >= 0.3 is 0 Å². The minimum absolute atomic E-state index is 0.00486. The van der Waals surface area contributed by atoms with Gasteiger partial charge in [-0.1, -0.05) is 29.3 Å². The highest BCUT2D eigenvalue weighted by Gasteiger charge is 2.26. The molecule has 0 aliphatic carbocycles. The number of nitrogens with zero attached hydrogens (tertiary/aromatic N) is 8. The Morgan fingerprint density at radius 2 is 1.92 bits per heavy atom. The van der Waals surface area contributed by atoms with E-state index in [1.54, 1.807) is 67.4 Å². The number of anilines is 1. The zero-order valence-corrected chi connectivity index (χ0v) is 20.7. The molecule has 0 fully saturated rings. The summed E-state index contributed by atoms with van der Waals surface area (Å²) in [6.07, 6.45) is 4.87. The number of fused-ring (bicyclic) bond motifs is 2. The number of hydrogen-bond acceptors (Lipinski definition) is 9. The predicted molar refractivity (Wildman–Crippen MR) is 140 cm³/mol. The Bertz CT molecular complexity index is 1990. The molecule has 0 bridgehead atoms. The standard InChI is InChI=1S/C26H20N10O3/c1-15(30-24(37)21-22(27)31-19-9-6-12-28-36(19)21)23-32-25-20(26(38)35(23)17-7-4-3-5-8-17)18(33-39-25)11-10-16-13-29-34(2)14-16/h3-9,12-15H,27H2,1-2H3,(H,30,37)/t15-/m1/s1. The zero-order chi connectivity index (χ0) is 27.1. The number of aryl methyl sites for hydroxylation is 1. The van der Waals surface area contributed by atoms with Crippen molar-refractivity contribution in [3.05, 3.63) is 94.2 Å². The largest absolute Gasteiger partial charge is 0.382 e. The Kier molecular flexibility index (Phi) is 5.61. The van der Waals surface area contributed by atoms with Gasteiger partial charge in [0.1, 0.15) is 11.2 Å². The molecule has 5 aromatic heterocycles. The maximum atomic E-state index is 13.9. The second kappa shape index (κ2) is 9.27. The lowest BCUT2D eigenvalue weighted by Gasteiger charge is -2.18. The van der Waals surface area contributed by atoms with Gasteiger partial charge in [-0.3, -0.25) is 18.8 Å². The van der Waals surface area contributed by atoms with Crippen molar-refractivity contribution in [3.63, 3.8) is 0 Å². The number of imidazole rings is 1. The first-order valence-corrected chi connectivity index (χ1v) is 11.8. The quantitative estimate of drug-likeness (QED) is 0.329. The molecule has 13 heteroatoms. The molecule has 0 saturated carbocycles. The Morgan fingerprint density at radius 1 is 1.10 bits per heavy atom. The molecule has 0 aliphatic rings. The van der Waals surface area contributed by atoms with E-state index in [0.29, 0.717) is 16.9 Å². The van der Waals surface area contributed by atoms with Crippen LogP contribution in [0.5, 0.6) is 0 Å². The summed E-state index contributed by atoms with van der Waals surface area (Å²) in [4.78, 5) is 35.9. The van der Waals surface area contributed by atoms with Gasteiger partial charge in [0, 0.05) is 19.4 Å². The molecule has 39 heavy (non-hydrogen) atoms. The van der Waals surface area contributed by atoms with Crippen molar-refractivity contribution in [2.24, 2.45) is 7.05 Å². The van der Waals surface area contributed by atoms with Gasteiger partial charge in [-0.05, 0) is 37.1 Å². The number of carbonyl (C=O) groups is 1. The summed E-state index contributed by atoms with van der Waals surface area (Å²) in [5, 5.41) is 15.2. The molecule has 6 rings (SSSR count). The normalized spacial score (nSPS) is 11.8. The van der Waals surface area contributed by atoms with Crippen LogP contribution in [0.1, 0.15) is 40.5 Å². The van der Waals surface area contributed by atoms with Gasteiger partial charge in [-0.15, -0.1) is 0 Å². The van der Waals surface area contributed by atoms with Crippen molar-refractivity contribution in [1.82, 2.24) is 44.4 Å². The number of para-hydroxylation sites is 1. The summed E-state index contributed by atoms with van der Waals surface area (Å²) in [7, 11) is 1.78. The molecular weight excluding hydrogens is 500 g/mol. The van der Waals surface area contributed by atoms with Crippen LogP contribution in [-0.2, 0) is 7.05 Å². The molecule has 0 spiro atoms. The summed E-state index contributed by atoms with van der Waals surface area (Å²) in [6.45, 7) is 1.69. The third-order valence-corrected chi connectivity index (χ3v) is 5.95. The molecule has 6 aromatic rings. The van der Waals surface area contributed by atoms with Crippen molar-refractivity contribution in [2.45, 2.75) is 13.0 Å². The van der Waals surface area contributed by atoms with Crippen LogP contribution in [0.15, 0.2) is 70.4 Å². The Hall–Kier alpha value is -5.77. The van der Waals surface area contributed by atoms with Gasteiger partial charge in [0.15, 0.2) is 22.9 Å². The molecule has 1 amide bonds. The summed E-state index contributed by atoms with van der Waals surface area (Å²) in [5.74, 6) is 5.51. The average molecular weight is 521 g/mol. The lowest BCUT2D eigenvalue weighted by molar-refractivity contribution is 0.0931. The summed E-state index contributed by atoms with van der Waals surface area (Å²) in [5.41, 5.74) is 7.39. The SMILES string of the molecule is C[C@@H](NC(=O)c1c(N)nc2cccnn12)c1nc2onc(C#Cc3cnn(C)c3)c2c(=O)n1-c1ccccc1. The van der Waals surface area contributed by atoms with E-state index in [1.165, 1.54) is 15.3 Å². The van der Waals surface area contributed by atoms with Crippen molar-refractivity contribution in [3.8, 4) is 17.5 Å². The molecule has 13 nitrogen and oxygen atoms in total. The molecule has 3 N–H and O–H groups in total. The third kappa shape index (κ3) is 4.15. The fraction of sp³-hybridized carbons (Fsp3) is 0.115. The highest BCUT2D eigenvalue weighted by molar-refractivity contribution is 5.98. The Labute approximate surface area is 219 Å². The maximum absolute atomic E-state index is 13.9. The second-order valence-corrected chi connectivity index (χ2v) is 8.64. The number of nitrogen functional groups attached to an aromatic ring is 1. The maximum Gasteiger partial charge on any atom is 0.274 e. The minimum atomic E-state index is -0.765. The Balaban J connectivity index is 1.45. The molecule has 192 valence electrons. The Morgan fingerprint density at radius 3 is 2.69 bits per heavy atom. The van der Waals surface area contributed by atoms with Gasteiger partial charge in [0.2, 0.25) is 0 Å². The van der Waals surface area contributed by atoms with Gasteiger partial charge in [-0.25, -0.2) is 9.50 Å². The minimum Gasteiger partial charge on any atom is -0.382 e. The van der Waals surface area contributed by atoms with Crippen LogP contribution >= 0.6 is 0 Å². The van der Waals surface area contributed by atoms with E-state index in [4.69, 9.17) is 10.3 Å². The van der Waals surface area contributed by atoms with E-state index in [1.807, 2.05) is 6.07 Å². The first-order chi connectivity index (χ1) is 18.9. The number of nitrogens with one attached hydrogen (secondary N) is 1. The lowest BCUT2D eigenvalue weighted by atomic mass is 10.2. The van der Waals surface area contributed by atoms with Crippen molar-refractivity contribution < 1.29 is 9.32 Å². The average Bonchev–Trinajstić information content (AvgIpc) is 3.63. The van der Waals surface area contributed by atoms with Crippen molar-refractivity contribution >= 4 is 28.5 Å². The number of hydrogen-bond donors (Lipinski definition) is 2. The number of carbonyl (C=O) groups excluding carboxylic acids is 1. The molecule has 0 radical (unpaired) electrons.